The van der Waals surface area contributed by atoms with E-state index < -0.39 is 0 Å². The lowest BCUT2D eigenvalue weighted by molar-refractivity contribution is -0.0979. The van der Waals surface area contributed by atoms with Crippen LogP contribution in [0.2, 0.25) is 5.02 Å². The van der Waals surface area contributed by atoms with Gasteiger partial charge in [0.15, 0.2) is 6.29 Å². The van der Waals surface area contributed by atoms with E-state index in [0.717, 1.165) is 30.2 Å². The Hall–Kier alpha value is -1.32. The highest BCUT2D eigenvalue weighted by atomic mass is 35.5. The van der Waals surface area contributed by atoms with Crippen molar-refractivity contribution in [2.24, 2.45) is 0 Å². The van der Waals surface area contributed by atoms with Crippen molar-refractivity contribution < 1.29 is 9.59 Å². The van der Waals surface area contributed by atoms with Crippen molar-refractivity contribution >= 4 is 47.2 Å². The normalized spacial score (nSPS) is 9.89. The number of rotatable bonds is 4. The van der Waals surface area contributed by atoms with Crippen molar-refractivity contribution in [3.8, 4) is 0 Å². The lowest BCUT2D eigenvalue weighted by Gasteiger charge is -2.03. The molecule has 0 saturated heterocycles. The standard InChI is InChI=1S/C12H11Cl2NO.CH2O/c13-5-2-6-15-7-9(8-16)12-10(14)3-1-4-11(12)15;1-2/h1,3-4,7-8H,2,5-6H2;1H2. The monoisotopic (exact) mass is 285 g/mol. The number of halogens is 2. The number of hydrogen-bond donors (Lipinski definition) is 0. The van der Waals surface area contributed by atoms with Gasteiger partial charge in [-0.05, 0) is 18.6 Å². The number of carbonyl (C=O) groups excluding carboxylic acids is 2. The smallest absolute Gasteiger partial charge is 0.152 e. The molecule has 0 aliphatic carbocycles. The van der Waals surface area contributed by atoms with Gasteiger partial charge in [-0.15, -0.1) is 11.6 Å². The second-order valence-electron chi connectivity index (χ2n) is 3.57. The highest BCUT2D eigenvalue weighted by Gasteiger charge is 2.10. The third-order valence-corrected chi connectivity index (χ3v) is 3.13. The summed E-state index contributed by atoms with van der Waals surface area (Å²) in [6.45, 7) is 2.80. The van der Waals surface area contributed by atoms with E-state index in [1.807, 2.05) is 29.7 Å². The van der Waals surface area contributed by atoms with E-state index in [0.29, 0.717) is 16.5 Å². The maximum absolute atomic E-state index is 11.0. The Morgan fingerprint density at radius 3 is 2.67 bits per heavy atom. The summed E-state index contributed by atoms with van der Waals surface area (Å²) in [5.74, 6) is 0.608. The highest BCUT2D eigenvalue weighted by Crippen LogP contribution is 2.27. The van der Waals surface area contributed by atoms with E-state index >= 15 is 0 Å². The number of hydrogen-bond acceptors (Lipinski definition) is 2. The van der Waals surface area contributed by atoms with Crippen molar-refractivity contribution in [1.82, 2.24) is 4.57 Å². The third-order valence-electron chi connectivity index (χ3n) is 2.54. The predicted molar refractivity (Wildman–Crippen MR) is 74.8 cm³/mol. The molecular weight excluding hydrogens is 273 g/mol. The van der Waals surface area contributed by atoms with Gasteiger partial charge < -0.3 is 9.36 Å². The molecule has 1 aromatic heterocycles. The number of aldehydes is 1. The molecule has 0 bridgehead atoms. The molecule has 0 aliphatic heterocycles. The Morgan fingerprint density at radius 1 is 1.33 bits per heavy atom. The molecular formula is C13H13Cl2NO2. The number of aryl methyl sites for hydroxylation is 1. The van der Waals surface area contributed by atoms with Crippen LogP contribution in [0.5, 0.6) is 0 Å². The molecule has 0 atom stereocenters. The van der Waals surface area contributed by atoms with Gasteiger partial charge in [-0.25, -0.2) is 0 Å². The average Bonchev–Trinajstić information content (AvgIpc) is 2.78. The van der Waals surface area contributed by atoms with E-state index in [1.165, 1.54) is 0 Å². The zero-order valence-corrected chi connectivity index (χ0v) is 11.2. The minimum absolute atomic E-state index is 0.608. The van der Waals surface area contributed by atoms with Crippen molar-refractivity contribution in [3.05, 3.63) is 35.0 Å². The van der Waals surface area contributed by atoms with Crippen LogP contribution in [-0.4, -0.2) is 23.5 Å². The first-order chi connectivity index (χ1) is 8.77. The summed E-state index contributed by atoms with van der Waals surface area (Å²) in [7, 11) is 0. The fourth-order valence-electron chi connectivity index (χ4n) is 1.84. The number of alkyl halides is 1. The summed E-state index contributed by atoms with van der Waals surface area (Å²) >= 11 is 11.8. The number of nitrogens with zero attached hydrogens (tertiary/aromatic N) is 1. The van der Waals surface area contributed by atoms with Gasteiger partial charge in [0.05, 0.1) is 10.5 Å². The predicted octanol–water partition coefficient (Wildman–Crippen LogP) is 3.55. The zero-order valence-electron chi connectivity index (χ0n) is 9.73. The fourth-order valence-corrected chi connectivity index (χ4v) is 2.24. The number of aromatic nitrogens is 1. The third kappa shape index (κ3) is 2.92. The lowest BCUT2D eigenvalue weighted by Crippen LogP contribution is -1.96. The van der Waals surface area contributed by atoms with E-state index in [1.54, 1.807) is 6.07 Å². The van der Waals surface area contributed by atoms with Gasteiger partial charge >= 0.3 is 0 Å². The minimum Gasteiger partial charge on any atom is -0.347 e. The van der Waals surface area contributed by atoms with Crippen LogP contribution in [-0.2, 0) is 11.3 Å². The molecule has 2 aromatic rings. The Balaban J connectivity index is 0.000000771. The van der Waals surface area contributed by atoms with Crippen LogP contribution in [0.3, 0.4) is 0 Å². The second-order valence-corrected chi connectivity index (χ2v) is 4.36. The topological polar surface area (TPSA) is 39.1 Å². The van der Waals surface area contributed by atoms with Gasteiger partial charge in [0, 0.05) is 29.6 Å². The molecule has 5 heteroatoms. The Kier molecular flexibility index (Phi) is 5.89. The van der Waals surface area contributed by atoms with Gasteiger partial charge in [0.25, 0.3) is 0 Å². The van der Waals surface area contributed by atoms with Crippen molar-refractivity contribution in [2.75, 3.05) is 5.88 Å². The number of fused-ring (bicyclic) bond motifs is 1. The zero-order chi connectivity index (χ0) is 13.5. The fraction of sp³-hybridized carbons (Fsp3) is 0.231. The Morgan fingerprint density at radius 2 is 2.06 bits per heavy atom. The molecule has 3 nitrogen and oxygen atoms in total. The first-order valence-electron chi connectivity index (χ1n) is 5.35. The van der Waals surface area contributed by atoms with E-state index in [4.69, 9.17) is 28.0 Å². The molecule has 0 fully saturated rings. The summed E-state index contributed by atoms with van der Waals surface area (Å²) in [6.07, 6.45) is 3.54. The molecule has 0 radical (unpaired) electrons. The SMILES string of the molecule is C=O.O=Cc1cn(CCCCl)c2cccc(Cl)c12. The molecule has 2 rings (SSSR count). The van der Waals surface area contributed by atoms with Crippen LogP contribution in [0, 0.1) is 0 Å². The molecule has 1 aromatic carbocycles. The van der Waals surface area contributed by atoms with Crippen LogP contribution in [0.4, 0.5) is 0 Å². The van der Waals surface area contributed by atoms with E-state index in [9.17, 15) is 4.79 Å². The Labute approximate surface area is 115 Å². The molecule has 0 aliphatic rings. The van der Waals surface area contributed by atoms with Crippen molar-refractivity contribution in [1.29, 1.82) is 0 Å². The van der Waals surface area contributed by atoms with Crippen molar-refractivity contribution in [2.45, 2.75) is 13.0 Å². The average molecular weight is 286 g/mol. The first kappa shape index (κ1) is 14.7. The van der Waals surface area contributed by atoms with Gasteiger partial charge in [0.1, 0.15) is 6.79 Å². The lowest BCUT2D eigenvalue weighted by atomic mass is 10.2. The highest BCUT2D eigenvalue weighted by molar-refractivity contribution is 6.36. The van der Waals surface area contributed by atoms with Gasteiger partial charge in [-0.2, -0.15) is 0 Å². The number of carbonyl (C=O) groups is 2. The summed E-state index contributed by atoms with van der Waals surface area (Å²) in [5.41, 5.74) is 1.62. The van der Waals surface area contributed by atoms with Crippen LogP contribution in [0.1, 0.15) is 16.8 Å². The first-order valence-corrected chi connectivity index (χ1v) is 6.26. The molecule has 1 heterocycles. The molecule has 0 spiro atoms. The molecule has 0 amide bonds. The maximum atomic E-state index is 11.0. The summed E-state index contributed by atoms with van der Waals surface area (Å²) in [6, 6.07) is 5.64. The van der Waals surface area contributed by atoms with Gasteiger partial charge in [0.2, 0.25) is 0 Å². The second kappa shape index (κ2) is 7.19. The summed E-state index contributed by atoms with van der Waals surface area (Å²) in [4.78, 5) is 19.0. The largest absolute Gasteiger partial charge is 0.347 e. The molecule has 0 unspecified atom stereocenters. The maximum Gasteiger partial charge on any atom is 0.152 e. The van der Waals surface area contributed by atoms with Gasteiger partial charge in [-0.1, -0.05) is 17.7 Å². The van der Waals surface area contributed by atoms with Crippen molar-refractivity contribution in [3.63, 3.8) is 0 Å². The quantitative estimate of drug-likeness (QED) is 0.637. The molecule has 96 valence electrons. The van der Waals surface area contributed by atoms with Crippen LogP contribution >= 0.6 is 23.2 Å². The molecule has 0 N–H and O–H groups in total. The van der Waals surface area contributed by atoms with Crippen LogP contribution < -0.4 is 0 Å². The van der Waals surface area contributed by atoms with Gasteiger partial charge in [-0.3, -0.25) is 4.79 Å². The minimum atomic E-state index is 0.608. The molecule has 0 saturated carbocycles. The van der Waals surface area contributed by atoms with E-state index in [2.05, 4.69) is 0 Å². The number of benzene rings is 1. The van der Waals surface area contributed by atoms with E-state index in [-0.39, 0.29) is 0 Å². The summed E-state index contributed by atoms with van der Waals surface area (Å²) in [5, 5.41) is 1.44. The Bertz CT molecular complexity index is 537. The van der Waals surface area contributed by atoms with Crippen LogP contribution in [0.15, 0.2) is 24.4 Å². The van der Waals surface area contributed by atoms with Crippen LogP contribution in [0.25, 0.3) is 10.9 Å². The summed E-state index contributed by atoms with van der Waals surface area (Å²) < 4.78 is 2.02. The molecule has 18 heavy (non-hydrogen) atoms.